The van der Waals surface area contributed by atoms with E-state index in [0.717, 1.165) is 0 Å². The first-order chi connectivity index (χ1) is 6.21. The zero-order chi connectivity index (χ0) is 11.5. The van der Waals surface area contributed by atoms with Crippen molar-refractivity contribution in [2.45, 2.75) is 10.7 Å². The van der Waals surface area contributed by atoms with Crippen LogP contribution in [0.4, 0.5) is 0 Å². The Hall–Kier alpha value is -0.450. The Balaban J connectivity index is 5.28. The van der Waals surface area contributed by atoms with Gasteiger partial charge in [-0.3, -0.25) is 4.79 Å². The number of halogens is 3. The maximum Gasteiger partial charge on any atom is 0.342 e. The van der Waals surface area contributed by atoms with E-state index >= 15 is 0 Å². The maximum absolute atomic E-state index is 11.3. The Morgan fingerprint density at radius 3 is 1.93 bits per heavy atom. The summed E-state index contributed by atoms with van der Waals surface area (Å²) in [6, 6.07) is 0. The highest BCUT2D eigenvalue weighted by Gasteiger charge is 2.38. The van der Waals surface area contributed by atoms with E-state index in [9.17, 15) is 9.59 Å². The molecule has 0 spiro atoms. The average molecular weight is 261 g/mol. The molecule has 0 aromatic carbocycles. The number of aliphatic carboxylic acids is 1. The highest BCUT2D eigenvalue weighted by atomic mass is 35.6. The summed E-state index contributed by atoms with van der Waals surface area (Å²) in [7, 11) is 1.21. The summed E-state index contributed by atoms with van der Waals surface area (Å²) in [5.74, 6) is -2.75. The highest BCUT2D eigenvalue weighted by Crippen LogP contribution is 2.31. The Bertz CT molecular complexity index is 290. The fourth-order valence-electron chi connectivity index (χ4n) is 0.651. The molecule has 0 heterocycles. The van der Waals surface area contributed by atoms with Crippen molar-refractivity contribution in [3.63, 3.8) is 0 Å². The van der Waals surface area contributed by atoms with Gasteiger partial charge in [0.05, 0.1) is 7.11 Å². The Morgan fingerprint density at radius 1 is 1.29 bits per heavy atom. The van der Waals surface area contributed by atoms with Gasteiger partial charge in [-0.1, -0.05) is 34.8 Å². The van der Waals surface area contributed by atoms with Gasteiger partial charge in [-0.05, 0) is 6.92 Å². The highest BCUT2D eigenvalue weighted by molar-refractivity contribution is 6.78. The van der Waals surface area contributed by atoms with Crippen LogP contribution >= 0.6 is 34.8 Å². The van der Waals surface area contributed by atoms with Crippen molar-refractivity contribution < 1.29 is 19.4 Å². The van der Waals surface area contributed by atoms with Crippen LogP contribution in [0.25, 0.3) is 0 Å². The summed E-state index contributed by atoms with van der Waals surface area (Å²) in [5.41, 5.74) is -0.674. The second-order valence-corrected chi connectivity index (χ2v) is 4.55. The Kier molecular flexibility index (Phi) is 4.71. The fraction of sp³-hybridized carbons (Fsp3) is 0.429. The van der Waals surface area contributed by atoms with Gasteiger partial charge in [-0.2, -0.15) is 0 Å². The molecule has 0 atom stereocenters. The third kappa shape index (κ3) is 3.36. The van der Waals surface area contributed by atoms with Gasteiger partial charge < -0.3 is 9.84 Å². The number of carboxylic acids is 1. The van der Waals surface area contributed by atoms with Crippen LogP contribution in [0.3, 0.4) is 0 Å². The first-order valence-electron chi connectivity index (χ1n) is 3.31. The quantitative estimate of drug-likeness (QED) is 0.277. The first kappa shape index (κ1) is 13.5. The molecule has 7 heteroatoms. The molecule has 0 amide bonds. The molecule has 0 fully saturated rings. The van der Waals surface area contributed by atoms with E-state index in [4.69, 9.17) is 39.9 Å². The van der Waals surface area contributed by atoms with Gasteiger partial charge in [-0.15, -0.1) is 0 Å². The molecule has 4 nitrogen and oxygen atoms in total. The Morgan fingerprint density at radius 2 is 1.71 bits per heavy atom. The molecule has 0 aliphatic carbocycles. The number of carboxylic acid groups (broad SMARTS) is 1. The van der Waals surface area contributed by atoms with E-state index in [1.807, 2.05) is 0 Å². The number of carbonyl (C=O) groups excluding carboxylic acids is 1. The summed E-state index contributed by atoms with van der Waals surface area (Å²) in [5, 5.41) is 8.67. The van der Waals surface area contributed by atoms with Gasteiger partial charge >= 0.3 is 5.97 Å². The lowest BCUT2D eigenvalue weighted by Gasteiger charge is -2.11. The second kappa shape index (κ2) is 4.87. The molecule has 0 saturated carbocycles. The number of alkyl halides is 3. The van der Waals surface area contributed by atoms with Gasteiger partial charge in [-0.25, -0.2) is 4.79 Å². The molecular formula is C7H7Cl3O4. The van der Waals surface area contributed by atoms with Crippen LogP contribution in [0.2, 0.25) is 0 Å². The monoisotopic (exact) mass is 260 g/mol. The van der Waals surface area contributed by atoms with Gasteiger partial charge in [0, 0.05) is 0 Å². The molecule has 0 rings (SSSR count). The third-order valence-electron chi connectivity index (χ3n) is 1.36. The summed E-state index contributed by atoms with van der Waals surface area (Å²) in [4.78, 5) is 21.9. The van der Waals surface area contributed by atoms with E-state index in [1.165, 1.54) is 14.0 Å². The fourth-order valence-corrected chi connectivity index (χ4v) is 0.935. The van der Waals surface area contributed by atoms with Crippen LogP contribution in [0, 0.1) is 0 Å². The minimum absolute atomic E-state index is 0.117. The molecule has 80 valence electrons. The van der Waals surface area contributed by atoms with Gasteiger partial charge in [0.1, 0.15) is 11.3 Å². The number of hydrogen-bond acceptors (Lipinski definition) is 3. The van der Waals surface area contributed by atoms with Crippen molar-refractivity contribution in [3.8, 4) is 0 Å². The lowest BCUT2D eigenvalue weighted by atomic mass is 10.1. The van der Waals surface area contributed by atoms with Gasteiger partial charge in [0.15, 0.2) is 0 Å². The number of Topliss-reactive ketones (excluding diaryl/α,β-unsaturated/α-hetero) is 1. The van der Waals surface area contributed by atoms with Crippen molar-refractivity contribution in [2.24, 2.45) is 0 Å². The molecule has 0 bridgehead atoms. The molecule has 0 unspecified atom stereocenters. The lowest BCUT2D eigenvalue weighted by Crippen LogP contribution is -2.26. The molecule has 0 aliphatic rings. The van der Waals surface area contributed by atoms with Crippen molar-refractivity contribution in [1.29, 1.82) is 0 Å². The molecule has 0 radical (unpaired) electrons. The van der Waals surface area contributed by atoms with Crippen LogP contribution < -0.4 is 0 Å². The SMILES string of the molecule is COC(C)=C(C(=O)O)C(=O)C(Cl)(Cl)Cl. The maximum atomic E-state index is 11.3. The topological polar surface area (TPSA) is 63.6 Å². The van der Waals surface area contributed by atoms with Crippen LogP contribution in [-0.2, 0) is 14.3 Å². The summed E-state index contributed by atoms with van der Waals surface area (Å²) in [6.45, 7) is 1.29. The number of ether oxygens (including phenoxy) is 1. The van der Waals surface area contributed by atoms with E-state index in [-0.39, 0.29) is 5.76 Å². The number of rotatable bonds is 3. The van der Waals surface area contributed by atoms with Crippen molar-refractivity contribution >= 4 is 46.6 Å². The van der Waals surface area contributed by atoms with Crippen molar-refractivity contribution in [1.82, 2.24) is 0 Å². The van der Waals surface area contributed by atoms with E-state index in [2.05, 4.69) is 4.74 Å². The average Bonchev–Trinajstić information content (AvgIpc) is 2.01. The summed E-state index contributed by atoms with van der Waals surface area (Å²) >= 11 is 15.8. The molecule has 1 N–H and O–H groups in total. The van der Waals surface area contributed by atoms with E-state index in [0.29, 0.717) is 0 Å². The second-order valence-electron chi connectivity index (χ2n) is 2.27. The zero-order valence-corrected chi connectivity index (χ0v) is 9.57. The molecule has 0 aromatic rings. The van der Waals surface area contributed by atoms with E-state index in [1.54, 1.807) is 0 Å². The Labute approximate surface area is 95.4 Å². The first-order valence-corrected chi connectivity index (χ1v) is 4.45. The number of methoxy groups -OCH3 is 1. The number of ketones is 1. The summed E-state index contributed by atoms with van der Waals surface area (Å²) < 4.78 is 2.29. The molecule has 0 saturated heterocycles. The molecule has 14 heavy (non-hydrogen) atoms. The predicted octanol–water partition coefficient (Wildman–Crippen LogP) is 1.93. The van der Waals surface area contributed by atoms with Crippen LogP contribution in [0.15, 0.2) is 11.3 Å². The molecular weight excluding hydrogens is 254 g/mol. The number of allylic oxidation sites excluding steroid dienone is 1. The van der Waals surface area contributed by atoms with Gasteiger partial charge in [0.2, 0.25) is 5.78 Å². The lowest BCUT2D eigenvalue weighted by molar-refractivity contribution is -0.134. The van der Waals surface area contributed by atoms with Crippen LogP contribution in [0.1, 0.15) is 6.92 Å². The smallest absolute Gasteiger partial charge is 0.342 e. The van der Waals surface area contributed by atoms with Gasteiger partial charge in [0.25, 0.3) is 3.79 Å². The normalized spacial score (nSPS) is 13.2. The van der Waals surface area contributed by atoms with Crippen LogP contribution in [0.5, 0.6) is 0 Å². The third-order valence-corrected chi connectivity index (χ3v) is 1.87. The zero-order valence-electron chi connectivity index (χ0n) is 7.31. The van der Waals surface area contributed by atoms with Crippen molar-refractivity contribution in [3.05, 3.63) is 11.3 Å². The largest absolute Gasteiger partial charge is 0.500 e. The summed E-state index contributed by atoms with van der Waals surface area (Å²) in [6.07, 6.45) is 0. The molecule has 0 aromatic heterocycles. The molecule has 0 aliphatic heterocycles. The predicted molar refractivity (Wildman–Crippen MR) is 52.6 cm³/mol. The number of hydrogen-bond donors (Lipinski definition) is 1. The van der Waals surface area contributed by atoms with Crippen LogP contribution in [-0.4, -0.2) is 27.8 Å². The van der Waals surface area contributed by atoms with E-state index < -0.39 is 21.1 Å². The minimum Gasteiger partial charge on any atom is -0.500 e. The van der Waals surface area contributed by atoms with Crippen molar-refractivity contribution in [2.75, 3.05) is 7.11 Å². The number of carbonyl (C=O) groups is 2. The standard InChI is InChI=1S/C7H7Cl3O4/c1-3(14-2)4(6(12)13)5(11)7(8,9)10/h1-2H3,(H,12,13). The minimum atomic E-state index is -2.30.